The zero-order chi connectivity index (χ0) is 25.2. The molecule has 2 aliphatic rings. The van der Waals surface area contributed by atoms with Gasteiger partial charge in [-0.15, -0.1) is 0 Å². The fourth-order valence-corrected chi connectivity index (χ4v) is 5.88. The Morgan fingerprint density at radius 2 is 1.53 bits per heavy atom. The second kappa shape index (κ2) is 13.7. The maximum Gasteiger partial charge on any atom is 0.495 e. The predicted octanol–water partition coefficient (Wildman–Crippen LogP) is 4.64. The lowest BCUT2D eigenvalue weighted by Crippen LogP contribution is -2.50. The molecule has 2 N–H and O–H groups in total. The van der Waals surface area contributed by atoms with Crippen LogP contribution in [0.2, 0.25) is 0 Å². The Morgan fingerprint density at radius 3 is 2.03 bits per heavy atom. The molecule has 192 valence electrons. The van der Waals surface area contributed by atoms with Gasteiger partial charge in [0.25, 0.3) is 0 Å². The third-order valence-corrected chi connectivity index (χ3v) is 8.03. The van der Waals surface area contributed by atoms with Crippen LogP contribution in [0.25, 0.3) is 12.8 Å². The van der Waals surface area contributed by atoms with Crippen molar-refractivity contribution in [2.45, 2.75) is 123 Å². The van der Waals surface area contributed by atoms with Crippen LogP contribution in [0.1, 0.15) is 106 Å². The van der Waals surface area contributed by atoms with E-state index in [4.69, 9.17) is 9.31 Å². The molecule has 1 saturated carbocycles. The van der Waals surface area contributed by atoms with Gasteiger partial charge in [-0.05, 0) is 60.3 Å². The van der Waals surface area contributed by atoms with Gasteiger partial charge in [0, 0.05) is 12.7 Å². The van der Waals surface area contributed by atoms with Gasteiger partial charge in [0.15, 0.2) is 0 Å². The van der Waals surface area contributed by atoms with Crippen molar-refractivity contribution in [2.75, 3.05) is 6.54 Å². The molecule has 1 aromatic carbocycles. The number of hydrogen-bond donors (Lipinski definition) is 2. The quantitative estimate of drug-likeness (QED) is 0.515. The topological polar surface area (TPSA) is 50.7 Å². The SMILES string of the molecule is C=c1cccc(B2OC(CC)(CC)C(CC)(CC)O2)/c1=C/NCC(O)C1CCCCC1.CCC. The molecule has 34 heavy (non-hydrogen) atoms. The standard InChI is InChI=1S/C26H42BNO3.C3H8/c1-6-25(7-2)26(8-3,9-4)31-27(30-25)23-17-13-14-20(5)22(23)18-28-19-24(29)21-15-11-10-12-16-21;1-3-2/h13-14,17-18,21,24,28-29H,5-12,15-16,19H2,1-4H3;3H2,1-2H3/b22-18+;. The van der Waals surface area contributed by atoms with E-state index in [9.17, 15) is 5.11 Å². The molecule has 1 aliphatic heterocycles. The first-order valence-corrected chi connectivity index (χ1v) is 13.9. The normalized spacial score (nSPS) is 21.1. The molecule has 0 aromatic heterocycles. The molecule has 0 bridgehead atoms. The van der Waals surface area contributed by atoms with Crippen LogP contribution in [-0.4, -0.2) is 36.1 Å². The summed E-state index contributed by atoms with van der Waals surface area (Å²) in [6.07, 6.45) is 12.7. The minimum absolute atomic E-state index is 0.278. The Kier molecular flexibility index (Phi) is 11.7. The summed E-state index contributed by atoms with van der Waals surface area (Å²) >= 11 is 0. The summed E-state index contributed by atoms with van der Waals surface area (Å²) in [6.45, 7) is 17.9. The van der Waals surface area contributed by atoms with Gasteiger partial charge in [0.2, 0.25) is 0 Å². The van der Waals surface area contributed by atoms with Crippen LogP contribution in [0.5, 0.6) is 0 Å². The van der Waals surface area contributed by atoms with Gasteiger partial charge in [-0.1, -0.05) is 92.0 Å². The van der Waals surface area contributed by atoms with E-state index in [0.717, 1.165) is 54.4 Å². The van der Waals surface area contributed by atoms with Crippen molar-refractivity contribution in [3.8, 4) is 0 Å². The van der Waals surface area contributed by atoms with Crippen molar-refractivity contribution < 1.29 is 14.4 Å². The molecule has 0 radical (unpaired) electrons. The smallest absolute Gasteiger partial charge is 0.399 e. The number of hydrogen-bond acceptors (Lipinski definition) is 4. The Hall–Kier alpha value is -1.30. The van der Waals surface area contributed by atoms with Crippen molar-refractivity contribution in [1.29, 1.82) is 0 Å². The molecule has 1 aliphatic carbocycles. The van der Waals surface area contributed by atoms with E-state index in [1.54, 1.807) is 0 Å². The van der Waals surface area contributed by atoms with E-state index in [1.807, 2.05) is 18.3 Å². The summed E-state index contributed by atoms with van der Waals surface area (Å²) in [5, 5.41) is 15.9. The molecule has 1 saturated heterocycles. The molecule has 4 nitrogen and oxygen atoms in total. The largest absolute Gasteiger partial charge is 0.495 e. The van der Waals surface area contributed by atoms with Crippen molar-refractivity contribution in [2.24, 2.45) is 5.92 Å². The highest BCUT2D eigenvalue weighted by atomic mass is 16.7. The second-order valence-electron chi connectivity index (χ2n) is 10.1. The van der Waals surface area contributed by atoms with E-state index in [0.29, 0.717) is 12.5 Å². The van der Waals surface area contributed by atoms with Crippen LogP contribution >= 0.6 is 0 Å². The monoisotopic (exact) mass is 471 g/mol. The number of benzene rings is 1. The molecule has 1 aromatic rings. The summed E-state index contributed by atoms with van der Waals surface area (Å²) in [6, 6.07) is 6.13. The van der Waals surface area contributed by atoms with E-state index in [2.05, 4.69) is 59.5 Å². The summed E-state index contributed by atoms with van der Waals surface area (Å²) in [4.78, 5) is 0. The molecular weight excluding hydrogens is 421 g/mol. The van der Waals surface area contributed by atoms with Crippen molar-refractivity contribution >= 4 is 25.4 Å². The first kappa shape index (κ1) is 28.9. The lowest BCUT2D eigenvalue weighted by molar-refractivity contribution is -0.0601. The first-order chi connectivity index (χ1) is 16.4. The summed E-state index contributed by atoms with van der Waals surface area (Å²) in [5.41, 5.74) is 0.461. The van der Waals surface area contributed by atoms with Crippen molar-refractivity contribution in [3.05, 3.63) is 28.6 Å². The van der Waals surface area contributed by atoms with E-state index in [-0.39, 0.29) is 17.3 Å². The number of aliphatic hydroxyl groups excluding tert-OH is 1. The summed E-state index contributed by atoms with van der Waals surface area (Å²) < 4.78 is 13.4. The molecule has 2 fully saturated rings. The average molecular weight is 472 g/mol. The van der Waals surface area contributed by atoms with Crippen LogP contribution in [0, 0.1) is 5.92 Å². The predicted molar refractivity (Wildman–Crippen MR) is 146 cm³/mol. The van der Waals surface area contributed by atoms with Gasteiger partial charge < -0.3 is 19.7 Å². The second-order valence-corrected chi connectivity index (χ2v) is 10.1. The number of rotatable bonds is 9. The molecule has 1 heterocycles. The lowest BCUT2D eigenvalue weighted by Gasteiger charge is -2.42. The summed E-state index contributed by atoms with van der Waals surface area (Å²) in [7, 11) is -0.405. The fourth-order valence-electron chi connectivity index (χ4n) is 5.88. The molecule has 5 heteroatoms. The van der Waals surface area contributed by atoms with Gasteiger partial charge in [0.1, 0.15) is 0 Å². The maximum absolute atomic E-state index is 10.6. The van der Waals surface area contributed by atoms with Crippen LogP contribution in [0.4, 0.5) is 0 Å². The van der Waals surface area contributed by atoms with Crippen LogP contribution in [0.15, 0.2) is 18.2 Å². The molecule has 1 unspecified atom stereocenters. The Bertz CT molecular complexity index is 808. The van der Waals surface area contributed by atoms with Crippen LogP contribution in [0.3, 0.4) is 0 Å². The van der Waals surface area contributed by atoms with Crippen molar-refractivity contribution in [1.82, 2.24) is 5.32 Å². The van der Waals surface area contributed by atoms with Gasteiger partial charge in [-0.2, -0.15) is 0 Å². The first-order valence-electron chi connectivity index (χ1n) is 13.9. The third-order valence-electron chi connectivity index (χ3n) is 8.03. The Balaban J connectivity index is 0.00000129. The molecule has 0 amide bonds. The highest BCUT2D eigenvalue weighted by molar-refractivity contribution is 6.62. The minimum atomic E-state index is -0.405. The lowest BCUT2D eigenvalue weighted by atomic mass is 9.75. The van der Waals surface area contributed by atoms with E-state index >= 15 is 0 Å². The molecule has 0 spiro atoms. The Morgan fingerprint density at radius 1 is 1.00 bits per heavy atom. The fraction of sp³-hybridized carbons (Fsp3) is 0.724. The number of nitrogens with one attached hydrogen (secondary N) is 1. The molecular formula is C29H50BNO3. The van der Waals surface area contributed by atoms with E-state index < -0.39 is 7.12 Å². The number of aliphatic hydroxyl groups is 1. The highest BCUT2D eigenvalue weighted by Gasteiger charge is 2.58. The highest BCUT2D eigenvalue weighted by Crippen LogP contribution is 2.46. The Labute approximate surface area is 209 Å². The van der Waals surface area contributed by atoms with Gasteiger partial charge in [0.05, 0.1) is 17.3 Å². The molecule has 3 rings (SSSR count). The van der Waals surface area contributed by atoms with Gasteiger partial charge >= 0.3 is 7.12 Å². The third kappa shape index (κ3) is 6.28. The zero-order valence-electron chi connectivity index (χ0n) is 22.8. The van der Waals surface area contributed by atoms with E-state index in [1.165, 1.54) is 25.7 Å². The van der Waals surface area contributed by atoms with Crippen LogP contribution < -0.4 is 21.2 Å². The van der Waals surface area contributed by atoms with Gasteiger partial charge in [-0.25, -0.2) is 0 Å². The summed E-state index contributed by atoms with van der Waals surface area (Å²) in [5.74, 6) is 0.412. The van der Waals surface area contributed by atoms with Gasteiger partial charge in [-0.3, -0.25) is 0 Å². The van der Waals surface area contributed by atoms with Crippen LogP contribution in [-0.2, 0) is 9.31 Å². The van der Waals surface area contributed by atoms with Crippen molar-refractivity contribution in [3.63, 3.8) is 0 Å². The zero-order valence-corrected chi connectivity index (χ0v) is 22.8. The maximum atomic E-state index is 10.6. The minimum Gasteiger partial charge on any atom is -0.399 e. The average Bonchev–Trinajstić information content (AvgIpc) is 3.21. The molecule has 1 atom stereocenters.